The zero-order valence-corrected chi connectivity index (χ0v) is 16.2. The summed E-state index contributed by atoms with van der Waals surface area (Å²) in [7, 11) is 4.15. The van der Waals surface area contributed by atoms with E-state index in [-0.39, 0.29) is 5.91 Å². The number of rotatable bonds is 6. The molecule has 0 spiro atoms. The van der Waals surface area contributed by atoms with Crippen LogP contribution in [0.3, 0.4) is 0 Å². The van der Waals surface area contributed by atoms with Crippen LogP contribution in [0.5, 0.6) is 0 Å². The van der Waals surface area contributed by atoms with E-state index < -0.39 is 0 Å². The first kappa shape index (κ1) is 18.6. The minimum Gasteiger partial charge on any atom is -0.356 e. The van der Waals surface area contributed by atoms with Gasteiger partial charge in [0.1, 0.15) is 0 Å². The quantitative estimate of drug-likeness (QED) is 0.827. The normalized spacial score (nSPS) is 21.1. The summed E-state index contributed by atoms with van der Waals surface area (Å²) < 4.78 is 1.95. The van der Waals surface area contributed by atoms with Gasteiger partial charge in [0, 0.05) is 31.9 Å². The minimum absolute atomic E-state index is 0.113. The number of aryl methyl sites for hydroxylation is 3. The third kappa shape index (κ3) is 3.98. The highest BCUT2D eigenvalue weighted by Crippen LogP contribution is 2.34. The molecule has 7 heteroatoms. The average Bonchev–Trinajstić information content (AvgIpc) is 3.17. The summed E-state index contributed by atoms with van der Waals surface area (Å²) in [6.07, 6.45) is 5.37. The maximum absolute atomic E-state index is 12.4. The van der Waals surface area contributed by atoms with E-state index in [0.717, 1.165) is 36.3 Å². The molecule has 7 nitrogen and oxygen atoms in total. The van der Waals surface area contributed by atoms with Crippen LogP contribution < -0.4 is 5.32 Å². The Labute approximate surface area is 155 Å². The Hall–Kier alpha value is -2.15. The molecule has 142 valence electrons. The second-order valence-corrected chi connectivity index (χ2v) is 7.42. The molecule has 1 aliphatic rings. The Balaban J connectivity index is 1.57. The van der Waals surface area contributed by atoms with Crippen LogP contribution >= 0.6 is 0 Å². The molecule has 1 amide bonds. The molecule has 2 aromatic rings. The van der Waals surface area contributed by atoms with Crippen molar-refractivity contribution in [2.75, 3.05) is 20.1 Å². The van der Waals surface area contributed by atoms with Crippen molar-refractivity contribution in [2.45, 2.75) is 45.6 Å². The van der Waals surface area contributed by atoms with Crippen LogP contribution in [0.25, 0.3) is 0 Å². The number of hydrogen-bond acceptors (Lipinski definition) is 4. The number of carbonyl (C=O) groups excluding carboxylic acids is 1. The number of carbonyl (C=O) groups is 1. The molecule has 1 saturated heterocycles. The minimum atomic E-state index is 0.113. The van der Waals surface area contributed by atoms with Gasteiger partial charge in [0.25, 0.3) is 0 Å². The van der Waals surface area contributed by atoms with E-state index in [1.54, 1.807) is 0 Å². The van der Waals surface area contributed by atoms with E-state index in [1.165, 1.54) is 12.1 Å². The van der Waals surface area contributed by atoms with E-state index in [4.69, 9.17) is 0 Å². The van der Waals surface area contributed by atoms with Gasteiger partial charge < -0.3 is 5.32 Å². The van der Waals surface area contributed by atoms with Crippen molar-refractivity contribution in [2.24, 2.45) is 13.0 Å². The standard InChI is InChI=1S/C19H30N6O/c1-13-16(14(2)23-22-13)7-8-18(26)20-12-15-6-5-11-24(3)19(15)17-9-10-21-25(17)4/h9-10,15,19H,5-8,11-12H2,1-4H3,(H,20,26)(H,22,23)/t15-,19+/m0/s1. The van der Waals surface area contributed by atoms with Crippen LogP contribution in [-0.4, -0.2) is 50.9 Å². The highest BCUT2D eigenvalue weighted by molar-refractivity contribution is 5.76. The van der Waals surface area contributed by atoms with E-state index in [2.05, 4.69) is 38.6 Å². The van der Waals surface area contributed by atoms with Crippen molar-refractivity contribution >= 4 is 5.91 Å². The lowest BCUT2D eigenvalue weighted by Gasteiger charge is -2.39. The predicted molar refractivity (Wildman–Crippen MR) is 101 cm³/mol. The van der Waals surface area contributed by atoms with Crippen LogP contribution in [0.1, 0.15) is 47.9 Å². The SMILES string of the molecule is Cc1n[nH]c(C)c1CCC(=O)NC[C@@H]1CCCN(C)[C@H]1c1ccnn1C. The summed E-state index contributed by atoms with van der Waals surface area (Å²) >= 11 is 0. The van der Waals surface area contributed by atoms with Gasteiger partial charge >= 0.3 is 0 Å². The van der Waals surface area contributed by atoms with Crippen LogP contribution in [0.4, 0.5) is 0 Å². The molecular formula is C19H30N6O. The lowest BCUT2D eigenvalue weighted by molar-refractivity contribution is -0.121. The van der Waals surface area contributed by atoms with E-state index in [9.17, 15) is 4.79 Å². The maximum Gasteiger partial charge on any atom is 0.220 e. The summed E-state index contributed by atoms with van der Waals surface area (Å²) in [5.41, 5.74) is 4.42. The number of H-pyrrole nitrogens is 1. The van der Waals surface area contributed by atoms with Gasteiger partial charge in [-0.2, -0.15) is 10.2 Å². The smallest absolute Gasteiger partial charge is 0.220 e. The fourth-order valence-electron chi connectivity index (χ4n) is 4.13. The molecule has 2 N–H and O–H groups in total. The summed E-state index contributed by atoms with van der Waals surface area (Å²) in [5, 5.41) is 14.7. The van der Waals surface area contributed by atoms with Crippen LogP contribution in [0, 0.1) is 19.8 Å². The Morgan fingerprint density at radius 3 is 2.85 bits per heavy atom. The van der Waals surface area contributed by atoms with Crippen molar-refractivity contribution in [1.29, 1.82) is 0 Å². The van der Waals surface area contributed by atoms with Gasteiger partial charge in [0.2, 0.25) is 5.91 Å². The number of nitrogens with one attached hydrogen (secondary N) is 2. The molecule has 1 fully saturated rings. The largest absolute Gasteiger partial charge is 0.356 e. The monoisotopic (exact) mass is 358 g/mol. The van der Waals surface area contributed by atoms with Gasteiger partial charge in [0.15, 0.2) is 0 Å². The van der Waals surface area contributed by atoms with E-state index in [0.29, 0.717) is 24.9 Å². The second-order valence-electron chi connectivity index (χ2n) is 7.42. The molecule has 2 aromatic heterocycles. The number of likely N-dealkylation sites (tertiary alicyclic amines) is 1. The van der Waals surface area contributed by atoms with E-state index in [1.807, 2.05) is 31.8 Å². The Bertz CT molecular complexity index is 730. The van der Waals surface area contributed by atoms with Crippen molar-refractivity contribution in [3.63, 3.8) is 0 Å². The second kappa shape index (κ2) is 8.03. The van der Waals surface area contributed by atoms with Gasteiger partial charge in [0.05, 0.1) is 17.4 Å². The van der Waals surface area contributed by atoms with Gasteiger partial charge in [-0.1, -0.05) is 0 Å². The predicted octanol–water partition coefficient (Wildman–Crippen LogP) is 1.89. The van der Waals surface area contributed by atoms with Crippen molar-refractivity contribution in [1.82, 2.24) is 30.2 Å². The molecule has 0 aliphatic carbocycles. The summed E-state index contributed by atoms with van der Waals surface area (Å²) in [6, 6.07) is 2.39. The molecule has 3 rings (SSSR count). The molecule has 0 bridgehead atoms. The number of nitrogens with zero attached hydrogens (tertiary/aromatic N) is 4. The molecular weight excluding hydrogens is 328 g/mol. The number of aromatic nitrogens is 4. The first-order valence-electron chi connectivity index (χ1n) is 9.42. The number of piperidine rings is 1. The van der Waals surface area contributed by atoms with Gasteiger partial charge in [-0.3, -0.25) is 19.5 Å². The summed E-state index contributed by atoms with van der Waals surface area (Å²) in [4.78, 5) is 14.8. The van der Waals surface area contributed by atoms with Crippen molar-refractivity contribution in [3.8, 4) is 0 Å². The number of amides is 1. The lowest BCUT2D eigenvalue weighted by Crippen LogP contribution is -2.42. The van der Waals surface area contributed by atoms with Gasteiger partial charge in [-0.15, -0.1) is 0 Å². The topological polar surface area (TPSA) is 78.8 Å². The number of aromatic amines is 1. The molecule has 0 saturated carbocycles. The highest BCUT2D eigenvalue weighted by atomic mass is 16.1. The fraction of sp³-hybridized carbons (Fsp3) is 0.632. The molecule has 0 radical (unpaired) electrons. The Kier molecular flexibility index (Phi) is 5.76. The maximum atomic E-state index is 12.4. The zero-order chi connectivity index (χ0) is 18.7. The number of hydrogen-bond donors (Lipinski definition) is 2. The lowest BCUT2D eigenvalue weighted by atomic mass is 9.87. The third-order valence-corrected chi connectivity index (χ3v) is 5.61. The van der Waals surface area contributed by atoms with Crippen molar-refractivity contribution in [3.05, 3.63) is 34.9 Å². The first-order valence-corrected chi connectivity index (χ1v) is 9.42. The molecule has 3 heterocycles. The first-order chi connectivity index (χ1) is 12.5. The average molecular weight is 358 g/mol. The Morgan fingerprint density at radius 1 is 1.38 bits per heavy atom. The summed E-state index contributed by atoms with van der Waals surface area (Å²) in [6.45, 7) is 5.78. The van der Waals surface area contributed by atoms with Gasteiger partial charge in [-0.25, -0.2) is 0 Å². The molecule has 26 heavy (non-hydrogen) atoms. The molecule has 1 aliphatic heterocycles. The molecule has 2 atom stereocenters. The van der Waals surface area contributed by atoms with E-state index >= 15 is 0 Å². The molecule has 0 unspecified atom stereocenters. The van der Waals surface area contributed by atoms with Crippen LogP contribution in [-0.2, 0) is 18.3 Å². The fourth-order valence-corrected chi connectivity index (χ4v) is 4.13. The van der Waals surface area contributed by atoms with Crippen LogP contribution in [0.15, 0.2) is 12.3 Å². The highest BCUT2D eigenvalue weighted by Gasteiger charge is 2.32. The van der Waals surface area contributed by atoms with Crippen molar-refractivity contribution < 1.29 is 4.79 Å². The summed E-state index contributed by atoms with van der Waals surface area (Å²) in [5.74, 6) is 0.521. The van der Waals surface area contributed by atoms with Gasteiger partial charge in [-0.05, 0) is 64.3 Å². The van der Waals surface area contributed by atoms with Crippen LogP contribution in [0.2, 0.25) is 0 Å². The third-order valence-electron chi connectivity index (χ3n) is 5.61. The molecule has 0 aromatic carbocycles. The zero-order valence-electron chi connectivity index (χ0n) is 16.2. The Morgan fingerprint density at radius 2 is 2.19 bits per heavy atom.